The third kappa shape index (κ3) is 9.43. The van der Waals surface area contributed by atoms with Gasteiger partial charge in [0, 0.05) is 48.2 Å². The van der Waals surface area contributed by atoms with E-state index in [2.05, 4.69) is 53.5 Å². The van der Waals surface area contributed by atoms with Gasteiger partial charge in [0.25, 0.3) is 0 Å². The molecule has 11 nitrogen and oxygen atoms in total. The number of phenolic OH excluding ortho intramolecular Hbond substituents is 1. The molecule has 5 atom stereocenters. The molecule has 0 amide bonds. The molecule has 5 aliphatic rings. The van der Waals surface area contributed by atoms with Gasteiger partial charge in [0.2, 0.25) is 0 Å². The first kappa shape index (κ1) is 43.4. The number of unbranched alkanes of at least 4 members (excludes halogenated alkanes) is 1. The summed E-state index contributed by atoms with van der Waals surface area (Å²) in [6.45, 7) is 2.12. The maximum absolute atomic E-state index is 13.8. The van der Waals surface area contributed by atoms with Crippen LogP contribution in [0.1, 0.15) is 115 Å². The second kappa shape index (κ2) is 19.0. The van der Waals surface area contributed by atoms with Gasteiger partial charge in [0.1, 0.15) is 36.1 Å². The van der Waals surface area contributed by atoms with Gasteiger partial charge in [-0.1, -0.05) is 55.7 Å². The molecule has 0 saturated carbocycles. The van der Waals surface area contributed by atoms with Crippen molar-refractivity contribution in [1.82, 2.24) is 0 Å². The largest absolute Gasteiger partial charge is 0.508 e. The normalized spacial score (nSPS) is 21.9. The van der Waals surface area contributed by atoms with Crippen LogP contribution in [0.25, 0.3) is 16.8 Å². The van der Waals surface area contributed by atoms with Crippen molar-refractivity contribution in [3.8, 4) is 29.3 Å². The van der Waals surface area contributed by atoms with Crippen molar-refractivity contribution in [2.45, 2.75) is 102 Å². The van der Waals surface area contributed by atoms with E-state index in [0.717, 1.165) is 64.4 Å². The van der Waals surface area contributed by atoms with E-state index in [1.165, 1.54) is 5.56 Å². The fourth-order valence-corrected chi connectivity index (χ4v) is 9.94. The zero-order chi connectivity index (χ0) is 44.2. The van der Waals surface area contributed by atoms with Crippen LogP contribution < -0.4 is 20.5 Å². The number of carbonyl (C=O) groups excluding carboxylic acids is 1. The number of benzene rings is 4. The molecule has 328 valence electrons. The lowest BCUT2D eigenvalue weighted by Crippen LogP contribution is -2.24. The molecule has 0 aromatic heterocycles. The standard InChI is InChI=1S/C52H57N3O8/c1-30-11-18-40-43-29-63-46-24-32(13-20-45(46)61-3)12-16-38(57)27-39(62-22-21-34-15-19-41(49(43)51(59)60)50-47(34)44(58)28-42(30)48(40)50)26-35-25-37(56)17-14-33(35)9-5-4-7-31-8-6-10-36(23-31)55-52(53)54-2/h6,8,10-11,13-14,17-18,20,23-25,28,30,33-35,39,51,56,58-60H,4-5,7,9,12,15-16,19,26-27,29H2,1-3H3,(H3,53,54,55)/t30-,33+,34-,35-,39-/m0/s1. The maximum atomic E-state index is 13.8. The van der Waals surface area contributed by atoms with Crippen LogP contribution in [0.5, 0.6) is 17.2 Å². The van der Waals surface area contributed by atoms with Crippen molar-refractivity contribution in [1.29, 1.82) is 0 Å². The molecule has 8 bridgehead atoms. The van der Waals surface area contributed by atoms with Gasteiger partial charge >= 0.3 is 0 Å². The average Bonchev–Trinajstić information content (AvgIpc) is 3.27. The van der Waals surface area contributed by atoms with Crippen LogP contribution in [0.4, 0.5) is 5.69 Å². The van der Waals surface area contributed by atoms with Gasteiger partial charge in [-0.2, -0.15) is 0 Å². The molecule has 63 heavy (non-hydrogen) atoms. The highest BCUT2D eigenvalue weighted by molar-refractivity contribution is 6.04. The molecular weight excluding hydrogens is 795 g/mol. The second-order valence-electron chi connectivity index (χ2n) is 17.2. The molecule has 4 aromatic carbocycles. The number of carbonyl (C=O) groups is 1. The first-order chi connectivity index (χ1) is 30.5. The van der Waals surface area contributed by atoms with Crippen molar-refractivity contribution >= 4 is 34.3 Å². The molecule has 2 heterocycles. The predicted octanol–water partition coefficient (Wildman–Crippen LogP) is 8.93. The van der Waals surface area contributed by atoms with E-state index in [-0.39, 0.29) is 54.5 Å². The summed E-state index contributed by atoms with van der Waals surface area (Å²) in [5.41, 5.74) is 13.1. The maximum Gasteiger partial charge on any atom is 0.192 e. The Morgan fingerprint density at radius 1 is 1.02 bits per heavy atom. The Morgan fingerprint density at radius 2 is 1.87 bits per heavy atom. The number of hydrogen-bond acceptors (Lipinski definition) is 9. The van der Waals surface area contributed by atoms with Crippen LogP contribution in [0.2, 0.25) is 0 Å². The molecule has 11 heteroatoms. The lowest BCUT2D eigenvalue weighted by molar-refractivity contribution is -0.121. The van der Waals surface area contributed by atoms with Crippen molar-refractivity contribution in [3.63, 3.8) is 0 Å². The van der Waals surface area contributed by atoms with E-state index in [0.29, 0.717) is 59.8 Å². The molecule has 0 spiro atoms. The number of hydrogen-bond donors (Lipinski definition) is 6. The lowest BCUT2D eigenvalue weighted by atomic mass is 9.72. The van der Waals surface area contributed by atoms with E-state index in [1.807, 2.05) is 48.6 Å². The summed E-state index contributed by atoms with van der Waals surface area (Å²) in [6, 6.07) is 15.6. The Morgan fingerprint density at radius 3 is 2.68 bits per heavy atom. The predicted molar refractivity (Wildman–Crippen MR) is 246 cm³/mol. The Labute approximate surface area is 369 Å². The van der Waals surface area contributed by atoms with Gasteiger partial charge in [0.15, 0.2) is 23.7 Å². The topological polar surface area (TPSA) is 176 Å². The summed E-state index contributed by atoms with van der Waals surface area (Å²) < 4.78 is 18.6. The number of ether oxygens (including phenoxy) is 3. The lowest BCUT2D eigenvalue weighted by Gasteiger charge is -2.32. The van der Waals surface area contributed by atoms with Gasteiger partial charge < -0.3 is 45.7 Å². The third-order valence-corrected chi connectivity index (χ3v) is 13.1. The average molecular weight is 852 g/mol. The van der Waals surface area contributed by atoms with Gasteiger partial charge in [-0.25, -0.2) is 0 Å². The first-order valence-electron chi connectivity index (χ1n) is 22.1. The summed E-state index contributed by atoms with van der Waals surface area (Å²) in [4.78, 5) is 17.8. The van der Waals surface area contributed by atoms with Crippen LogP contribution >= 0.6 is 0 Å². The van der Waals surface area contributed by atoms with E-state index in [9.17, 15) is 25.2 Å². The molecule has 2 aliphatic heterocycles. The number of guanidine groups is 1. The van der Waals surface area contributed by atoms with Crippen molar-refractivity contribution in [3.05, 3.63) is 123 Å². The van der Waals surface area contributed by atoms with Gasteiger partial charge in [-0.15, -0.1) is 0 Å². The highest BCUT2D eigenvalue weighted by Gasteiger charge is 2.35. The number of methoxy groups -OCH3 is 1. The van der Waals surface area contributed by atoms with Crippen molar-refractivity contribution in [2.24, 2.45) is 22.6 Å². The fourth-order valence-electron chi connectivity index (χ4n) is 9.94. The van der Waals surface area contributed by atoms with Gasteiger partial charge in [0.05, 0.1) is 13.0 Å². The summed E-state index contributed by atoms with van der Waals surface area (Å²) in [5.74, 6) is 4.63. The van der Waals surface area contributed by atoms with Gasteiger partial charge in [-0.05, 0) is 138 Å². The molecule has 0 radical (unpaired) electrons. The first-order valence-corrected chi connectivity index (χ1v) is 22.1. The van der Waals surface area contributed by atoms with Crippen molar-refractivity contribution < 1.29 is 39.4 Å². The van der Waals surface area contributed by atoms with E-state index in [1.54, 1.807) is 20.2 Å². The molecule has 4 aromatic rings. The smallest absolute Gasteiger partial charge is 0.192 e. The number of aromatic hydroxyl groups is 1. The quantitative estimate of drug-likeness (QED) is 0.0297. The summed E-state index contributed by atoms with van der Waals surface area (Å²) in [5, 5.41) is 49.3. The highest BCUT2D eigenvalue weighted by atomic mass is 16.5. The number of Topliss-reactive ketones (excluding diaryl/α,β-unsaturated/α-hetero) is 1. The number of aliphatic hydroxyl groups excluding tert-OH is 2. The van der Waals surface area contributed by atoms with E-state index in [4.69, 9.17) is 19.9 Å². The molecule has 0 unspecified atom stereocenters. The number of aliphatic imine (C=N–C) groups is 1. The Balaban J connectivity index is 1.10. The zero-order valence-electron chi connectivity index (χ0n) is 36.2. The summed E-state index contributed by atoms with van der Waals surface area (Å²) in [7, 11) is 3.22. The Hall–Kier alpha value is -6.22. The van der Waals surface area contributed by atoms with Crippen LogP contribution in [0.3, 0.4) is 0 Å². The number of aliphatic hydroxyl groups is 3. The molecule has 0 fully saturated rings. The highest BCUT2D eigenvalue weighted by Crippen LogP contribution is 2.51. The number of ketones is 1. The minimum atomic E-state index is -1.79. The number of aryl methyl sites for hydroxylation is 3. The van der Waals surface area contributed by atoms with Gasteiger partial charge in [-0.3, -0.25) is 9.79 Å². The molecule has 7 N–H and O–H groups in total. The third-order valence-electron chi connectivity index (χ3n) is 13.1. The Kier molecular flexibility index (Phi) is 13.1. The molecular formula is C52H57N3O8. The van der Waals surface area contributed by atoms with Crippen LogP contribution in [0, 0.1) is 23.9 Å². The number of fused-ring (bicyclic) bond motifs is 7. The summed E-state index contributed by atoms with van der Waals surface area (Å²) in [6.07, 6.45) is 16.5. The molecule has 9 rings (SSSR count). The van der Waals surface area contributed by atoms with Crippen molar-refractivity contribution in [2.75, 3.05) is 19.5 Å². The monoisotopic (exact) mass is 851 g/mol. The Bertz CT molecular complexity index is 2580. The number of allylic oxidation sites excluding steroid dienone is 4. The second-order valence-corrected chi connectivity index (χ2v) is 17.2. The zero-order valence-corrected chi connectivity index (χ0v) is 36.2. The number of nitrogens with two attached hydrogens (primary N) is 1. The number of nitrogens with zero attached hydrogens (tertiary/aromatic N) is 1. The molecule has 3 aliphatic carbocycles. The number of rotatable bonds is 10. The van der Waals surface area contributed by atoms with Crippen LogP contribution in [0.15, 0.2) is 83.6 Å². The summed E-state index contributed by atoms with van der Waals surface area (Å²) >= 11 is 0. The number of nitrogens with one attached hydrogen (secondary N) is 1. The van der Waals surface area contributed by atoms with E-state index >= 15 is 0 Å². The molecule has 0 saturated heterocycles. The van der Waals surface area contributed by atoms with Crippen LogP contribution in [-0.2, 0) is 35.4 Å². The number of phenols is 1. The number of anilines is 1. The van der Waals surface area contributed by atoms with Crippen LogP contribution in [-0.4, -0.2) is 52.4 Å². The minimum absolute atomic E-state index is 0.00319. The fraction of sp³-hybridized carbons (Fsp3) is 0.385. The SMILES string of the molecule is CN=C(N)Nc1cccc(CCCC[C@@H]2C=CC(O)=C[C@H]2C[C@H]2CC(=O)CCc3ccc(OC)c(c3)OCc3c(C(O)O)c4c5c(c(O)cc6c5c3C=C[C@@H]6C)[C@H](C#CO2)CC4)c1. The van der Waals surface area contributed by atoms with E-state index < -0.39 is 18.3 Å². The minimum Gasteiger partial charge on any atom is -0.508 e.